The first-order valence-electron chi connectivity index (χ1n) is 8.24. The fourth-order valence-corrected chi connectivity index (χ4v) is 3.61. The van der Waals surface area contributed by atoms with Gasteiger partial charge in [-0.3, -0.25) is 0 Å². The molecular formula is C18H25ClN2O2. The van der Waals surface area contributed by atoms with Gasteiger partial charge in [0.1, 0.15) is 5.60 Å². The molecule has 1 N–H and O–H groups in total. The van der Waals surface area contributed by atoms with Crippen LogP contribution in [0, 0.1) is 11.8 Å². The summed E-state index contributed by atoms with van der Waals surface area (Å²) in [6, 6.07) is 8.72. The number of benzene rings is 1. The summed E-state index contributed by atoms with van der Waals surface area (Å²) < 4.78 is 5.44. The van der Waals surface area contributed by atoms with E-state index in [2.05, 4.69) is 18.3 Å². The molecule has 2 aliphatic rings. The zero-order chi connectivity index (χ0) is 16.8. The lowest BCUT2D eigenvalue weighted by molar-refractivity contribution is 0.0269. The van der Waals surface area contributed by atoms with Gasteiger partial charge >= 0.3 is 6.09 Å². The number of piperidine rings is 1. The summed E-state index contributed by atoms with van der Waals surface area (Å²) in [6.07, 6.45) is -0.189. The van der Waals surface area contributed by atoms with Crippen LogP contribution in [0.2, 0.25) is 5.02 Å². The summed E-state index contributed by atoms with van der Waals surface area (Å²) in [6.45, 7) is 9.45. The second-order valence-corrected chi connectivity index (χ2v) is 8.12. The maximum Gasteiger partial charge on any atom is 0.410 e. The molecule has 1 saturated heterocycles. The largest absolute Gasteiger partial charge is 0.444 e. The molecule has 23 heavy (non-hydrogen) atoms. The third-order valence-electron chi connectivity index (χ3n) is 4.64. The van der Waals surface area contributed by atoms with Gasteiger partial charge in [-0.25, -0.2) is 4.79 Å². The molecule has 3 rings (SSSR count). The number of hydrogen-bond acceptors (Lipinski definition) is 3. The standard InChI is InChI=1S/C18H25ClN2O2/c1-11(12-6-5-7-13(19)8-12)20-16-14-9-21(10-15(14)16)17(22)23-18(2,3)4/h5-8,11,14-16,20H,9-10H2,1-4H3. The van der Waals surface area contributed by atoms with Crippen molar-refractivity contribution in [1.29, 1.82) is 0 Å². The summed E-state index contributed by atoms with van der Waals surface area (Å²) in [4.78, 5) is 13.9. The second-order valence-electron chi connectivity index (χ2n) is 7.68. The van der Waals surface area contributed by atoms with Crippen molar-refractivity contribution in [2.24, 2.45) is 11.8 Å². The average Bonchev–Trinajstić information content (AvgIpc) is 2.90. The number of carbonyl (C=O) groups excluding carboxylic acids is 1. The topological polar surface area (TPSA) is 41.6 Å². The number of rotatable bonds is 3. The van der Waals surface area contributed by atoms with E-state index in [1.54, 1.807) is 0 Å². The molecule has 2 fully saturated rings. The van der Waals surface area contributed by atoms with E-state index < -0.39 is 5.60 Å². The quantitative estimate of drug-likeness (QED) is 0.911. The SMILES string of the molecule is CC(NC1C2CN(C(=O)OC(C)(C)C)CC21)c1cccc(Cl)c1. The Labute approximate surface area is 143 Å². The first-order chi connectivity index (χ1) is 10.7. The predicted octanol–water partition coefficient (Wildman–Crippen LogP) is 3.86. The molecule has 4 nitrogen and oxygen atoms in total. The molecule has 1 heterocycles. The van der Waals surface area contributed by atoms with Gasteiger partial charge in [-0.15, -0.1) is 0 Å². The van der Waals surface area contributed by atoms with Crippen LogP contribution in [0.3, 0.4) is 0 Å². The monoisotopic (exact) mass is 336 g/mol. The highest BCUT2D eigenvalue weighted by atomic mass is 35.5. The van der Waals surface area contributed by atoms with Crippen LogP contribution >= 0.6 is 11.6 Å². The highest BCUT2D eigenvalue weighted by Crippen LogP contribution is 2.46. The van der Waals surface area contributed by atoms with Crippen molar-refractivity contribution in [2.45, 2.75) is 45.4 Å². The van der Waals surface area contributed by atoms with Crippen molar-refractivity contribution in [3.63, 3.8) is 0 Å². The molecule has 3 atom stereocenters. The van der Waals surface area contributed by atoms with Crippen molar-refractivity contribution in [1.82, 2.24) is 10.2 Å². The lowest BCUT2D eigenvalue weighted by Gasteiger charge is -2.26. The van der Waals surface area contributed by atoms with Crippen LogP contribution in [0.1, 0.15) is 39.3 Å². The lowest BCUT2D eigenvalue weighted by atomic mass is 10.1. The Bertz CT molecular complexity index is 587. The van der Waals surface area contributed by atoms with Crippen molar-refractivity contribution >= 4 is 17.7 Å². The van der Waals surface area contributed by atoms with Crippen LogP contribution in [0.15, 0.2) is 24.3 Å². The highest BCUT2D eigenvalue weighted by Gasteiger charge is 2.57. The second kappa shape index (κ2) is 5.99. The Hall–Kier alpha value is -1.26. The van der Waals surface area contributed by atoms with E-state index in [1.807, 2.05) is 43.9 Å². The van der Waals surface area contributed by atoms with Crippen LogP contribution in [0.25, 0.3) is 0 Å². The number of nitrogens with zero attached hydrogens (tertiary/aromatic N) is 1. The third-order valence-corrected chi connectivity index (χ3v) is 4.87. The summed E-state index contributed by atoms with van der Waals surface area (Å²) in [5.74, 6) is 1.09. The molecule has 3 unspecified atom stereocenters. The molecule has 0 spiro atoms. The summed E-state index contributed by atoms with van der Waals surface area (Å²) in [5, 5.41) is 4.44. The lowest BCUT2D eigenvalue weighted by Crippen LogP contribution is -2.39. The smallest absolute Gasteiger partial charge is 0.410 e. The number of ether oxygens (including phenoxy) is 1. The molecule has 1 aliphatic carbocycles. The number of hydrogen-bond donors (Lipinski definition) is 1. The van der Waals surface area contributed by atoms with E-state index in [1.165, 1.54) is 5.56 Å². The van der Waals surface area contributed by atoms with Gasteiger partial charge < -0.3 is 15.0 Å². The van der Waals surface area contributed by atoms with Gasteiger partial charge in [0.15, 0.2) is 0 Å². The van der Waals surface area contributed by atoms with Crippen LogP contribution in [0.5, 0.6) is 0 Å². The van der Waals surface area contributed by atoms with Gasteiger partial charge in [-0.05, 0) is 57.2 Å². The minimum absolute atomic E-state index is 0.189. The number of fused-ring (bicyclic) bond motifs is 1. The summed E-state index contributed by atoms with van der Waals surface area (Å²) >= 11 is 6.06. The first kappa shape index (κ1) is 16.6. The first-order valence-corrected chi connectivity index (χ1v) is 8.62. The van der Waals surface area contributed by atoms with Gasteiger partial charge in [0.05, 0.1) is 0 Å². The molecule has 1 aromatic rings. The van der Waals surface area contributed by atoms with Gasteiger partial charge in [-0.2, -0.15) is 0 Å². The Kier molecular flexibility index (Phi) is 4.32. The van der Waals surface area contributed by atoms with Gasteiger partial charge in [-0.1, -0.05) is 23.7 Å². The van der Waals surface area contributed by atoms with E-state index in [-0.39, 0.29) is 12.1 Å². The number of nitrogens with one attached hydrogen (secondary N) is 1. The normalized spacial score (nSPS) is 27.5. The molecule has 1 aromatic carbocycles. The summed E-state index contributed by atoms with van der Waals surface area (Å²) in [7, 11) is 0. The van der Waals surface area contributed by atoms with E-state index >= 15 is 0 Å². The fourth-order valence-electron chi connectivity index (χ4n) is 3.41. The molecule has 1 saturated carbocycles. The molecule has 126 valence electrons. The minimum Gasteiger partial charge on any atom is -0.444 e. The van der Waals surface area contributed by atoms with E-state index in [4.69, 9.17) is 16.3 Å². The third kappa shape index (κ3) is 3.81. The minimum atomic E-state index is -0.428. The molecule has 0 aromatic heterocycles. The molecule has 0 radical (unpaired) electrons. The van der Waals surface area contributed by atoms with Crippen LogP contribution in [0.4, 0.5) is 4.79 Å². The molecule has 0 bridgehead atoms. The maximum absolute atomic E-state index is 12.1. The number of likely N-dealkylation sites (tertiary alicyclic amines) is 1. The van der Waals surface area contributed by atoms with E-state index in [0.29, 0.717) is 17.9 Å². The van der Waals surface area contributed by atoms with Gasteiger partial charge in [0.25, 0.3) is 0 Å². The molecular weight excluding hydrogens is 312 g/mol. The number of carbonyl (C=O) groups is 1. The number of halogens is 1. The van der Waals surface area contributed by atoms with Crippen molar-refractivity contribution in [3.05, 3.63) is 34.9 Å². The molecule has 1 amide bonds. The van der Waals surface area contributed by atoms with Crippen molar-refractivity contribution in [2.75, 3.05) is 13.1 Å². The van der Waals surface area contributed by atoms with Crippen molar-refractivity contribution in [3.8, 4) is 0 Å². The maximum atomic E-state index is 12.1. The molecule has 1 aliphatic heterocycles. The Morgan fingerprint density at radius 2 is 2.00 bits per heavy atom. The fraction of sp³-hybridized carbons (Fsp3) is 0.611. The summed E-state index contributed by atoms with van der Waals surface area (Å²) in [5.41, 5.74) is 0.772. The van der Waals surface area contributed by atoms with E-state index in [0.717, 1.165) is 18.1 Å². The highest BCUT2D eigenvalue weighted by molar-refractivity contribution is 6.30. The van der Waals surface area contributed by atoms with E-state index in [9.17, 15) is 4.79 Å². The van der Waals surface area contributed by atoms with Crippen molar-refractivity contribution < 1.29 is 9.53 Å². The Morgan fingerprint density at radius 1 is 1.35 bits per heavy atom. The van der Waals surface area contributed by atoms with Crippen LogP contribution in [-0.4, -0.2) is 35.7 Å². The van der Waals surface area contributed by atoms with Crippen LogP contribution < -0.4 is 5.32 Å². The van der Waals surface area contributed by atoms with Gasteiger partial charge in [0.2, 0.25) is 0 Å². The van der Waals surface area contributed by atoms with Gasteiger partial charge in [0, 0.05) is 30.2 Å². The zero-order valence-electron chi connectivity index (χ0n) is 14.2. The molecule has 5 heteroatoms. The Balaban J connectivity index is 1.50. The Morgan fingerprint density at radius 3 is 2.57 bits per heavy atom. The zero-order valence-corrected chi connectivity index (χ0v) is 14.9. The predicted molar refractivity (Wildman–Crippen MR) is 91.6 cm³/mol. The average molecular weight is 337 g/mol. The van der Waals surface area contributed by atoms with Crippen LogP contribution in [-0.2, 0) is 4.74 Å². The number of amides is 1.